The molecule has 1 aliphatic rings. The molecule has 1 aliphatic carbocycles. The van der Waals surface area contributed by atoms with Crippen LogP contribution < -0.4 is 4.90 Å². The molecule has 0 unspecified atom stereocenters. The van der Waals surface area contributed by atoms with Crippen molar-refractivity contribution in [2.45, 2.75) is 19.3 Å². The van der Waals surface area contributed by atoms with Gasteiger partial charge in [0.25, 0.3) is 0 Å². The zero-order chi connectivity index (χ0) is 31.5. The van der Waals surface area contributed by atoms with Crippen LogP contribution in [0.1, 0.15) is 25.0 Å². The van der Waals surface area contributed by atoms with Crippen LogP contribution in [0.4, 0.5) is 17.1 Å². The van der Waals surface area contributed by atoms with Gasteiger partial charge in [0.05, 0.1) is 5.69 Å². The summed E-state index contributed by atoms with van der Waals surface area (Å²) in [5.74, 6) is 0. The summed E-state index contributed by atoms with van der Waals surface area (Å²) in [7, 11) is 0. The van der Waals surface area contributed by atoms with E-state index in [-0.39, 0.29) is 5.41 Å². The Hall–Kier alpha value is -5.86. The van der Waals surface area contributed by atoms with Gasteiger partial charge in [-0.15, -0.1) is 0 Å². The van der Waals surface area contributed by atoms with Crippen molar-refractivity contribution in [3.05, 3.63) is 175 Å². The van der Waals surface area contributed by atoms with Crippen LogP contribution in [-0.2, 0) is 5.41 Å². The van der Waals surface area contributed by atoms with Gasteiger partial charge in [0, 0.05) is 33.1 Å². The molecule has 9 rings (SSSR count). The second-order valence-corrected chi connectivity index (χ2v) is 13.0. The van der Waals surface area contributed by atoms with Gasteiger partial charge in [-0.1, -0.05) is 129 Å². The topological polar surface area (TPSA) is 16.4 Å². The van der Waals surface area contributed by atoms with E-state index in [4.69, 9.17) is 4.42 Å². The predicted octanol–water partition coefficient (Wildman–Crippen LogP) is 12.7. The zero-order valence-corrected chi connectivity index (χ0v) is 26.4. The smallest absolute Gasteiger partial charge is 0.136 e. The van der Waals surface area contributed by atoms with Gasteiger partial charge >= 0.3 is 0 Å². The largest absolute Gasteiger partial charge is 0.456 e. The zero-order valence-electron chi connectivity index (χ0n) is 26.4. The number of para-hydroxylation sites is 1. The Morgan fingerprint density at radius 3 is 1.79 bits per heavy atom. The lowest BCUT2D eigenvalue weighted by Gasteiger charge is -2.29. The van der Waals surface area contributed by atoms with Gasteiger partial charge < -0.3 is 9.32 Å². The molecule has 2 nitrogen and oxygen atoms in total. The molecule has 0 N–H and O–H groups in total. The van der Waals surface area contributed by atoms with Crippen molar-refractivity contribution in [1.29, 1.82) is 0 Å². The summed E-state index contributed by atoms with van der Waals surface area (Å²) >= 11 is 0. The molecule has 0 amide bonds. The molecule has 7 aromatic carbocycles. The molecule has 224 valence electrons. The third kappa shape index (κ3) is 4.40. The maximum absolute atomic E-state index is 6.21. The summed E-state index contributed by atoms with van der Waals surface area (Å²) < 4.78 is 6.21. The van der Waals surface area contributed by atoms with Crippen LogP contribution in [0.25, 0.3) is 55.3 Å². The Bertz CT molecular complexity index is 2410. The van der Waals surface area contributed by atoms with Crippen molar-refractivity contribution in [2.24, 2.45) is 0 Å². The van der Waals surface area contributed by atoms with Crippen LogP contribution in [0, 0.1) is 0 Å². The molecule has 0 radical (unpaired) electrons. The van der Waals surface area contributed by atoms with Crippen molar-refractivity contribution >= 4 is 39.0 Å². The highest BCUT2D eigenvalue weighted by Crippen LogP contribution is 2.54. The minimum absolute atomic E-state index is 0.0794. The van der Waals surface area contributed by atoms with Gasteiger partial charge in [-0.25, -0.2) is 0 Å². The maximum atomic E-state index is 6.21. The molecule has 1 heterocycles. The first-order valence-electron chi connectivity index (χ1n) is 16.3. The van der Waals surface area contributed by atoms with Crippen molar-refractivity contribution in [3.63, 3.8) is 0 Å². The van der Waals surface area contributed by atoms with Crippen LogP contribution in [0.15, 0.2) is 168 Å². The van der Waals surface area contributed by atoms with E-state index in [1.165, 1.54) is 39.1 Å². The van der Waals surface area contributed by atoms with Gasteiger partial charge in [0.1, 0.15) is 11.2 Å². The second kappa shape index (κ2) is 10.6. The fourth-order valence-electron chi connectivity index (χ4n) is 7.49. The van der Waals surface area contributed by atoms with E-state index in [2.05, 4.69) is 170 Å². The SMILES string of the molecule is CC1(C)c2ccccc2-c2c(N(c3ccc(-c4ccccc4)cc3)c3ccc(-c4ccc5c(c4)oc4ccccc45)cc3)cccc21. The van der Waals surface area contributed by atoms with Crippen LogP contribution in [0.3, 0.4) is 0 Å². The number of hydrogen-bond acceptors (Lipinski definition) is 2. The minimum atomic E-state index is -0.0794. The average molecular weight is 604 g/mol. The summed E-state index contributed by atoms with van der Waals surface area (Å²) in [6, 6.07) is 58.9. The molecule has 47 heavy (non-hydrogen) atoms. The lowest BCUT2D eigenvalue weighted by atomic mass is 9.82. The van der Waals surface area contributed by atoms with E-state index >= 15 is 0 Å². The molecular weight excluding hydrogens is 571 g/mol. The van der Waals surface area contributed by atoms with Gasteiger partial charge in [-0.3, -0.25) is 0 Å². The summed E-state index contributed by atoms with van der Waals surface area (Å²) in [6.45, 7) is 4.68. The van der Waals surface area contributed by atoms with Gasteiger partial charge in [0.2, 0.25) is 0 Å². The van der Waals surface area contributed by atoms with Crippen LogP contribution >= 0.6 is 0 Å². The molecule has 0 atom stereocenters. The Labute approximate surface area is 275 Å². The first-order valence-corrected chi connectivity index (χ1v) is 16.3. The van der Waals surface area contributed by atoms with E-state index in [1.807, 2.05) is 12.1 Å². The van der Waals surface area contributed by atoms with Crippen molar-refractivity contribution in [1.82, 2.24) is 0 Å². The lowest BCUT2D eigenvalue weighted by molar-refractivity contribution is 0.660. The Morgan fingerprint density at radius 1 is 0.447 bits per heavy atom. The molecule has 2 heteroatoms. The number of furan rings is 1. The maximum Gasteiger partial charge on any atom is 0.136 e. The summed E-state index contributed by atoms with van der Waals surface area (Å²) in [5.41, 5.74) is 15.2. The lowest BCUT2D eigenvalue weighted by Crippen LogP contribution is -2.16. The summed E-state index contributed by atoms with van der Waals surface area (Å²) in [5, 5.41) is 2.30. The number of benzene rings is 7. The quantitative estimate of drug-likeness (QED) is 0.195. The number of rotatable bonds is 5. The average Bonchev–Trinajstić information content (AvgIpc) is 3.61. The predicted molar refractivity (Wildman–Crippen MR) is 197 cm³/mol. The van der Waals surface area contributed by atoms with Crippen LogP contribution in [-0.4, -0.2) is 0 Å². The van der Waals surface area contributed by atoms with Crippen LogP contribution in [0.5, 0.6) is 0 Å². The fourth-order valence-corrected chi connectivity index (χ4v) is 7.49. The first-order chi connectivity index (χ1) is 23.1. The highest BCUT2D eigenvalue weighted by atomic mass is 16.3. The number of hydrogen-bond donors (Lipinski definition) is 0. The molecule has 8 aromatic rings. The number of anilines is 3. The van der Waals surface area contributed by atoms with Crippen molar-refractivity contribution in [2.75, 3.05) is 4.90 Å². The number of fused-ring (bicyclic) bond motifs is 6. The Morgan fingerprint density at radius 2 is 1.02 bits per heavy atom. The standard InChI is InChI=1S/C45H33NO/c1-45(2)39-15-8-6-14-38(39)44-40(45)16-10-17-41(44)46(34-24-19-31(20-25-34)30-11-4-3-5-12-30)35-26-21-32(22-27-35)33-23-28-37-36-13-7-9-18-42(36)47-43(37)29-33/h3-29H,1-2H3. The van der Waals surface area contributed by atoms with Crippen molar-refractivity contribution in [3.8, 4) is 33.4 Å². The van der Waals surface area contributed by atoms with Gasteiger partial charge in [-0.2, -0.15) is 0 Å². The molecule has 0 spiro atoms. The molecule has 0 saturated heterocycles. The monoisotopic (exact) mass is 603 g/mol. The Balaban J connectivity index is 1.18. The molecule has 1 aromatic heterocycles. The van der Waals surface area contributed by atoms with E-state index in [1.54, 1.807) is 0 Å². The highest BCUT2D eigenvalue weighted by molar-refractivity contribution is 6.06. The second-order valence-electron chi connectivity index (χ2n) is 13.0. The third-order valence-corrected chi connectivity index (χ3v) is 9.90. The number of nitrogens with zero attached hydrogens (tertiary/aromatic N) is 1. The molecule has 0 saturated carbocycles. The minimum Gasteiger partial charge on any atom is -0.456 e. The summed E-state index contributed by atoms with van der Waals surface area (Å²) in [4.78, 5) is 2.41. The highest BCUT2D eigenvalue weighted by Gasteiger charge is 2.37. The molecular formula is C45H33NO. The van der Waals surface area contributed by atoms with E-state index in [9.17, 15) is 0 Å². The molecule has 0 fully saturated rings. The van der Waals surface area contributed by atoms with Crippen molar-refractivity contribution < 1.29 is 4.42 Å². The molecule has 0 bridgehead atoms. The van der Waals surface area contributed by atoms with Gasteiger partial charge in [-0.05, 0) is 87.5 Å². The normalized spacial score (nSPS) is 13.1. The first kappa shape index (κ1) is 27.5. The van der Waals surface area contributed by atoms with E-state index < -0.39 is 0 Å². The van der Waals surface area contributed by atoms with Crippen LogP contribution in [0.2, 0.25) is 0 Å². The summed E-state index contributed by atoms with van der Waals surface area (Å²) in [6.07, 6.45) is 0. The van der Waals surface area contributed by atoms with Gasteiger partial charge in [0.15, 0.2) is 0 Å². The fraction of sp³-hybridized carbons (Fsp3) is 0.0667. The van der Waals surface area contributed by atoms with E-state index in [0.717, 1.165) is 44.4 Å². The third-order valence-electron chi connectivity index (χ3n) is 9.90. The van der Waals surface area contributed by atoms with E-state index in [0.29, 0.717) is 0 Å². The Kier molecular flexibility index (Phi) is 6.20. The molecule has 0 aliphatic heterocycles.